The Morgan fingerprint density at radius 2 is 2.05 bits per heavy atom. The summed E-state index contributed by atoms with van der Waals surface area (Å²) in [5.41, 5.74) is 8.15. The molecule has 0 unspecified atom stereocenters. The minimum Gasteiger partial charge on any atom is -0.368 e. The molecule has 0 saturated carbocycles. The van der Waals surface area contributed by atoms with E-state index in [1.54, 1.807) is 11.3 Å². The van der Waals surface area contributed by atoms with E-state index < -0.39 is 0 Å². The first kappa shape index (κ1) is 13.3. The second-order valence-electron chi connectivity index (χ2n) is 5.19. The molecule has 4 heteroatoms. The number of nitrogens with zero attached hydrogens (tertiary/aromatic N) is 1. The van der Waals surface area contributed by atoms with E-state index in [1.165, 1.54) is 16.0 Å². The van der Waals surface area contributed by atoms with Crippen LogP contribution in [0.2, 0.25) is 0 Å². The molecular formula is C16H18N2OS. The van der Waals surface area contributed by atoms with Gasteiger partial charge in [-0.25, -0.2) is 0 Å². The van der Waals surface area contributed by atoms with Crippen molar-refractivity contribution in [3.8, 4) is 0 Å². The Morgan fingerprint density at radius 3 is 2.75 bits per heavy atom. The van der Waals surface area contributed by atoms with Gasteiger partial charge in [0.15, 0.2) is 0 Å². The van der Waals surface area contributed by atoms with E-state index in [-0.39, 0.29) is 11.9 Å². The maximum atomic E-state index is 11.7. The average Bonchev–Trinajstić information content (AvgIpc) is 2.97. The van der Waals surface area contributed by atoms with E-state index >= 15 is 0 Å². The lowest BCUT2D eigenvalue weighted by Gasteiger charge is -2.35. The van der Waals surface area contributed by atoms with Crippen LogP contribution in [0.3, 0.4) is 0 Å². The smallest absolute Gasteiger partial charge is 0.235 e. The zero-order valence-corrected chi connectivity index (χ0v) is 12.1. The second kappa shape index (κ2) is 5.77. The summed E-state index contributed by atoms with van der Waals surface area (Å²) in [4.78, 5) is 15.3. The van der Waals surface area contributed by atoms with Crippen LogP contribution in [0.15, 0.2) is 41.8 Å². The third-order valence-corrected chi connectivity index (χ3v) is 4.84. The number of thiophene rings is 1. The van der Waals surface area contributed by atoms with Crippen molar-refractivity contribution >= 4 is 17.2 Å². The first-order valence-electron chi connectivity index (χ1n) is 6.86. The summed E-state index contributed by atoms with van der Waals surface area (Å²) in [7, 11) is 0. The lowest BCUT2D eigenvalue weighted by Crippen LogP contribution is -2.49. The van der Waals surface area contributed by atoms with Crippen LogP contribution in [0.5, 0.6) is 0 Å². The topological polar surface area (TPSA) is 46.3 Å². The molecule has 3 nitrogen and oxygen atoms in total. The van der Waals surface area contributed by atoms with Crippen molar-refractivity contribution in [2.75, 3.05) is 6.54 Å². The molecule has 0 bridgehead atoms. The van der Waals surface area contributed by atoms with E-state index in [1.807, 2.05) is 6.07 Å². The van der Waals surface area contributed by atoms with Gasteiger partial charge in [0.1, 0.15) is 0 Å². The molecule has 1 aliphatic heterocycles. The van der Waals surface area contributed by atoms with Gasteiger partial charge in [-0.3, -0.25) is 9.69 Å². The molecular weight excluding hydrogens is 268 g/mol. The number of hydrogen-bond donors (Lipinski definition) is 1. The van der Waals surface area contributed by atoms with Crippen molar-refractivity contribution in [2.45, 2.75) is 25.4 Å². The molecule has 1 aromatic carbocycles. The molecule has 1 aliphatic rings. The first-order valence-corrected chi connectivity index (χ1v) is 7.74. The van der Waals surface area contributed by atoms with Gasteiger partial charge in [0.05, 0.1) is 6.04 Å². The summed E-state index contributed by atoms with van der Waals surface area (Å²) in [6, 6.07) is 12.4. The summed E-state index contributed by atoms with van der Waals surface area (Å²) in [5, 5.41) is 2.09. The summed E-state index contributed by atoms with van der Waals surface area (Å²) < 4.78 is 0. The standard InChI is InChI=1S/C16H18N2OS/c17-16(19)15-10-12-4-1-2-5-13(12)11-18(15)8-7-14-6-3-9-20-14/h1-6,9,15H,7-8,10-11H2,(H2,17,19)/t15-/m0/s1. The number of fused-ring (bicyclic) bond motifs is 1. The van der Waals surface area contributed by atoms with Crippen LogP contribution in [0.25, 0.3) is 0 Å². The number of hydrogen-bond acceptors (Lipinski definition) is 3. The van der Waals surface area contributed by atoms with Crippen molar-refractivity contribution < 1.29 is 4.79 Å². The minimum absolute atomic E-state index is 0.176. The number of amides is 1. The van der Waals surface area contributed by atoms with Crippen LogP contribution in [0.4, 0.5) is 0 Å². The minimum atomic E-state index is -0.217. The lowest BCUT2D eigenvalue weighted by atomic mass is 9.93. The van der Waals surface area contributed by atoms with Crippen molar-refractivity contribution in [1.82, 2.24) is 4.90 Å². The zero-order valence-electron chi connectivity index (χ0n) is 11.3. The van der Waals surface area contributed by atoms with Gasteiger partial charge in [0.25, 0.3) is 0 Å². The van der Waals surface area contributed by atoms with Gasteiger partial charge in [0, 0.05) is 18.0 Å². The van der Waals surface area contributed by atoms with Crippen molar-refractivity contribution in [2.24, 2.45) is 5.73 Å². The van der Waals surface area contributed by atoms with Crippen LogP contribution in [0, 0.1) is 0 Å². The summed E-state index contributed by atoms with van der Waals surface area (Å²) in [5.74, 6) is -0.217. The Kier molecular flexibility index (Phi) is 3.85. The molecule has 2 heterocycles. The maximum Gasteiger partial charge on any atom is 0.235 e. The van der Waals surface area contributed by atoms with Crippen LogP contribution in [0.1, 0.15) is 16.0 Å². The number of nitrogens with two attached hydrogens (primary N) is 1. The van der Waals surface area contributed by atoms with Crippen LogP contribution in [-0.2, 0) is 24.2 Å². The van der Waals surface area contributed by atoms with E-state index in [0.717, 1.165) is 25.9 Å². The molecule has 1 atom stereocenters. The van der Waals surface area contributed by atoms with Gasteiger partial charge in [-0.2, -0.15) is 0 Å². The fraction of sp³-hybridized carbons (Fsp3) is 0.312. The predicted octanol–water partition coefficient (Wildman–Crippen LogP) is 2.20. The van der Waals surface area contributed by atoms with Gasteiger partial charge in [-0.05, 0) is 35.4 Å². The van der Waals surface area contributed by atoms with Gasteiger partial charge >= 0.3 is 0 Å². The maximum absolute atomic E-state index is 11.7. The van der Waals surface area contributed by atoms with Crippen molar-refractivity contribution in [3.63, 3.8) is 0 Å². The number of benzene rings is 1. The Morgan fingerprint density at radius 1 is 1.25 bits per heavy atom. The highest BCUT2D eigenvalue weighted by Crippen LogP contribution is 2.23. The van der Waals surface area contributed by atoms with Crippen LogP contribution < -0.4 is 5.73 Å². The molecule has 1 amide bonds. The van der Waals surface area contributed by atoms with E-state index in [4.69, 9.17) is 5.73 Å². The van der Waals surface area contributed by atoms with Crippen molar-refractivity contribution in [3.05, 3.63) is 57.8 Å². The molecule has 2 aromatic rings. The van der Waals surface area contributed by atoms with E-state index in [0.29, 0.717) is 0 Å². The third-order valence-electron chi connectivity index (χ3n) is 3.90. The van der Waals surface area contributed by atoms with E-state index in [9.17, 15) is 4.79 Å². The number of primary amides is 1. The Bertz CT molecular complexity index is 594. The lowest BCUT2D eigenvalue weighted by molar-refractivity contribution is -0.123. The number of carbonyl (C=O) groups is 1. The third kappa shape index (κ3) is 2.76. The molecule has 3 rings (SSSR count). The second-order valence-corrected chi connectivity index (χ2v) is 6.22. The molecule has 104 valence electrons. The Labute approximate surface area is 123 Å². The van der Waals surface area contributed by atoms with Gasteiger partial charge < -0.3 is 5.73 Å². The molecule has 0 saturated heterocycles. The molecule has 2 N–H and O–H groups in total. The largest absolute Gasteiger partial charge is 0.368 e. The van der Waals surface area contributed by atoms with Gasteiger partial charge in [0.2, 0.25) is 5.91 Å². The highest BCUT2D eigenvalue weighted by molar-refractivity contribution is 7.09. The molecule has 0 radical (unpaired) electrons. The Balaban J connectivity index is 1.76. The average molecular weight is 286 g/mol. The van der Waals surface area contributed by atoms with Crippen molar-refractivity contribution in [1.29, 1.82) is 0 Å². The highest BCUT2D eigenvalue weighted by Gasteiger charge is 2.29. The molecule has 0 fully saturated rings. The SMILES string of the molecule is NC(=O)[C@@H]1Cc2ccccc2CN1CCc1cccs1. The highest BCUT2D eigenvalue weighted by atomic mass is 32.1. The van der Waals surface area contributed by atoms with Crippen LogP contribution >= 0.6 is 11.3 Å². The van der Waals surface area contributed by atoms with Crippen LogP contribution in [-0.4, -0.2) is 23.4 Å². The number of carbonyl (C=O) groups excluding carboxylic acids is 1. The predicted molar refractivity (Wildman–Crippen MR) is 81.6 cm³/mol. The quantitative estimate of drug-likeness (QED) is 0.936. The summed E-state index contributed by atoms with van der Waals surface area (Å²) in [6.07, 6.45) is 1.71. The zero-order chi connectivity index (χ0) is 13.9. The monoisotopic (exact) mass is 286 g/mol. The fourth-order valence-electron chi connectivity index (χ4n) is 2.80. The molecule has 0 spiro atoms. The Hall–Kier alpha value is -1.65. The summed E-state index contributed by atoms with van der Waals surface area (Å²) >= 11 is 1.76. The van der Waals surface area contributed by atoms with Gasteiger partial charge in [-0.1, -0.05) is 30.3 Å². The molecule has 20 heavy (non-hydrogen) atoms. The molecule has 0 aliphatic carbocycles. The summed E-state index contributed by atoms with van der Waals surface area (Å²) in [6.45, 7) is 1.69. The normalized spacial score (nSPS) is 18.7. The molecule has 1 aromatic heterocycles. The first-order chi connectivity index (χ1) is 9.74. The number of rotatable bonds is 4. The fourth-order valence-corrected chi connectivity index (χ4v) is 3.50. The van der Waals surface area contributed by atoms with Gasteiger partial charge in [-0.15, -0.1) is 11.3 Å². The van der Waals surface area contributed by atoms with E-state index in [2.05, 4.69) is 40.6 Å².